The molecule has 3 aromatic rings. The Morgan fingerprint density at radius 1 is 1.20 bits per heavy atom. The SMILES string of the molecule is COc1ccc(C(=O)Nc2nc3c(OC)cccc3s2)cc1[N+](=O)[O-]. The van der Waals surface area contributed by atoms with Crippen molar-refractivity contribution in [2.45, 2.75) is 0 Å². The fourth-order valence-corrected chi connectivity index (χ4v) is 3.16. The number of methoxy groups -OCH3 is 2. The van der Waals surface area contributed by atoms with E-state index < -0.39 is 10.8 Å². The van der Waals surface area contributed by atoms with Gasteiger partial charge in [-0.2, -0.15) is 0 Å². The molecule has 0 saturated heterocycles. The van der Waals surface area contributed by atoms with E-state index in [1.54, 1.807) is 13.2 Å². The summed E-state index contributed by atoms with van der Waals surface area (Å²) in [6.07, 6.45) is 0. The average Bonchev–Trinajstić information content (AvgIpc) is 3.03. The molecule has 9 heteroatoms. The first-order valence-corrected chi connectivity index (χ1v) is 7.92. The number of nitrogens with zero attached hydrogens (tertiary/aromatic N) is 2. The molecule has 0 fully saturated rings. The van der Waals surface area contributed by atoms with E-state index in [0.717, 1.165) is 4.70 Å². The van der Waals surface area contributed by atoms with Gasteiger partial charge in [-0.05, 0) is 24.3 Å². The molecule has 1 N–H and O–H groups in total. The van der Waals surface area contributed by atoms with E-state index in [2.05, 4.69) is 10.3 Å². The third kappa shape index (κ3) is 3.22. The zero-order chi connectivity index (χ0) is 18.0. The summed E-state index contributed by atoms with van der Waals surface area (Å²) in [4.78, 5) is 27.2. The zero-order valence-electron chi connectivity index (χ0n) is 13.3. The Kier molecular flexibility index (Phi) is 4.48. The molecule has 0 aliphatic carbocycles. The maximum atomic E-state index is 12.4. The molecule has 2 aromatic carbocycles. The Morgan fingerprint density at radius 2 is 1.96 bits per heavy atom. The summed E-state index contributed by atoms with van der Waals surface area (Å²) in [5.74, 6) is 0.199. The summed E-state index contributed by atoms with van der Waals surface area (Å²) >= 11 is 1.29. The number of ether oxygens (including phenoxy) is 2. The van der Waals surface area contributed by atoms with Gasteiger partial charge in [-0.15, -0.1) is 0 Å². The minimum absolute atomic E-state index is 0.0891. The highest BCUT2D eigenvalue weighted by Crippen LogP contribution is 2.33. The molecule has 0 atom stereocenters. The van der Waals surface area contributed by atoms with Crippen LogP contribution in [-0.4, -0.2) is 30.0 Å². The Bertz CT molecular complexity index is 970. The van der Waals surface area contributed by atoms with Crippen LogP contribution in [0.3, 0.4) is 0 Å². The van der Waals surface area contributed by atoms with Gasteiger partial charge in [-0.3, -0.25) is 20.2 Å². The molecule has 1 aromatic heterocycles. The number of fused-ring (bicyclic) bond motifs is 1. The summed E-state index contributed by atoms with van der Waals surface area (Å²) < 4.78 is 11.0. The lowest BCUT2D eigenvalue weighted by Gasteiger charge is -2.04. The predicted molar refractivity (Wildman–Crippen MR) is 93.8 cm³/mol. The molecule has 1 amide bonds. The minimum Gasteiger partial charge on any atom is -0.494 e. The quantitative estimate of drug-likeness (QED) is 0.552. The van der Waals surface area contributed by atoms with Crippen LogP contribution in [-0.2, 0) is 0 Å². The normalized spacial score (nSPS) is 10.5. The summed E-state index contributed by atoms with van der Waals surface area (Å²) in [5.41, 5.74) is 0.505. The highest BCUT2D eigenvalue weighted by molar-refractivity contribution is 7.22. The molecule has 0 aliphatic rings. The number of benzene rings is 2. The fourth-order valence-electron chi connectivity index (χ4n) is 2.28. The molecule has 0 aliphatic heterocycles. The maximum absolute atomic E-state index is 12.4. The summed E-state index contributed by atoms with van der Waals surface area (Å²) in [7, 11) is 2.87. The number of nitro benzene ring substituents is 1. The number of hydrogen-bond acceptors (Lipinski definition) is 7. The van der Waals surface area contributed by atoms with Crippen molar-refractivity contribution in [3.8, 4) is 11.5 Å². The van der Waals surface area contributed by atoms with Crippen LogP contribution in [0.2, 0.25) is 0 Å². The van der Waals surface area contributed by atoms with Crippen molar-refractivity contribution < 1.29 is 19.2 Å². The first-order valence-electron chi connectivity index (χ1n) is 7.11. The van der Waals surface area contributed by atoms with Gasteiger partial charge in [-0.25, -0.2) is 4.98 Å². The van der Waals surface area contributed by atoms with Crippen LogP contribution in [0.1, 0.15) is 10.4 Å². The largest absolute Gasteiger partial charge is 0.494 e. The van der Waals surface area contributed by atoms with Crippen LogP contribution in [0.4, 0.5) is 10.8 Å². The second-order valence-electron chi connectivity index (χ2n) is 4.92. The highest BCUT2D eigenvalue weighted by Gasteiger charge is 2.19. The highest BCUT2D eigenvalue weighted by atomic mass is 32.1. The number of anilines is 1. The number of aromatic nitrogens is 1. The standard InChI is InChI=1S/C16H13N3O5S/c1-23-11-7-6-9(8-10(11)19(21)22)15(20)18-16-17-14-12(24-2)4-3-5-13(14)25-16/h3-8H,1-2H3,(H,17,18,20). The van der Waals surface area contributed by atoms with Gasteiger partial charge in [-0.1, -0.05) is 17.4 Å². The molecule has 0 radical (unpaired) electrons. The van der Waals surface area contributed by atoms with Crippen LogP contribution >= 0.6 is 11.3 Å². The number of carbonyl (C=O) groups is 1. The van der Waals surface area contributed by atoms with Gasteiger partial charge in [0.15, 0.2) is 10.9 Å². The zero-order valence-corrected chi connectivity index (χ0v) is 14.1. The van der Waals surface area contributed by atoms with E-state index >= 15 is 0 Å². The first-order chi connectivity index (χ1) is 12.0. The van der Waals surface area contributed by atoms with Crippen molar-refractivity contribution in [2.24, 2.45) is 0 Å². The fraction of sp³-hybridized carbons (Fsp3) is 0.125. The van der Waals surface area contributed by atoms with Crippen LogP contribution in [0, 0.1) is 10.1 Å². The van der Waals surface area contributed by atoms with Crippen LogP contribution in [0.15, 0.2) is 36.4 Å². The van der Waals surface area contributed by atoms with Crippen molar-refractivity contribution in [2.75, 3.05) is 19.5 Å². The molecule has 0 saturated carbocycles. The van der Waals surface area contributed by atoms with E-state index in [4.69, 9.17) is 9.47 Å². The molecule has 128 valence electrons. The van der Waals surface area contributed by atoms with Crippen molar-refractivity contribution in [1.29, 1.82) is 0 Å². The Labute approximate surface area is 146 Å². The second kappa shape index (κ2) is 6.73. The topological polar surface area (TPSA) is 104 Å². The van der Waals surface area contributed by atoms with Gasteiger partial charge in [0.1, 0.15) is 11.3 Å². The van der Waals surface area contributed by atoms with E-state index in [1.807, 2.05) is 12.1 Å². The molecule has 3 rings (SSSR count). The third-order valence-corrected chi connectivity index (χ3v) is 4.40. The summed E-state index contributed by atoms with van der Waals surface area (Å²) in [5, 5.41) is 14.1. The monoisotopic (exact) mass is 359 g/mol. The number of nitro groups is 1. The predicted octanol–water partition coefficient (Wildman–Crippen LogP) is 3.47. The number of amides is 1. The van der Waals surface area contributed by atoms with Gasteiger partial charge in [0.2, 0.25) is 0 Å². The van der Waals surface area contributed by atoms with Gasteiger partial charge in [0, 0.05) is 11.6 Å². The molecule has 0 unspecified atom stereocenters. The van der Waals surface area contributed by atoms with Gasteiger partial charge < -0.3 is 9.47 Å². The Morgan fingerprint density at radius 3 is 2.64 bits per heavy atom. The molecular formula is C16H13N3O5S. The number of nitrogens with one attached hydrogen (secondary N) is 1. The molecule has 0 spiro atoms. The van der Waals surface area contributed by atoms with E-state index in [1.165, 1.54) is 36.6 Å². The maximum Gasteiger partial charge on any atom is 0.311 e. The Balaban J connectivity index is 1.90. The van der Waals surface area contributed by atoms with Crippen molar-refractivity contribution in [3.05, 3.63) is 52.1 Å². The molecule has 0 bridgehead atoms. The molecule has 1 heterocycles. The van der Waals surface area contributed by atoms with Crippen molar-refractivity contribution >= 4 is 38.3 Å². The van der Waals surface area contributed by atoms with Gasteiger partial charge in [0.05, 0.1) is 23.8 Å². The van der Waals surface area contributed by atoms with E-state index in [-0.39, 0.29) is 17.0 Å². The average molecular weight is 359 g/mol. The molecular weight excluding hydrogens is 346 g/mol. The lowest BCUT2D eigenvalue weighted by Crippen LogP contribution is -2.12. The second-order valence-corrected chi connectivity index (χ2v) is 5.95. The minimum atomic E-state index is -0.599. The molecule has 25 heavy (non-hydrogen) atoms. The third-order valence-electron chi connectivity index (χ3n) is 3.46. The lowest BCUT2D eigenvalue weighted by atomic mass is 10.2. The van der Waals surface area contributed by atoms with E-state index in [0.29, 0.717) is 16.4 Å². The Hall–Kier alpha value is -3.20. The van der Waals surface area contributed by atoms with Gasteiger partial charge in [0.25, 0.3) is 5.91 Å². The lowest BCUT2D eigenvalue weighted by molar-refractivity contribution is -0.385. The van der Waals surface area contributed by atoms with Gasteiger partial charge >= 0.3 is 5.69 Å². The summed E-state index contributed by atoms with van der Waals surface area (Å²) in [6, 6.07) is 9.48. The number of thiazole rings is 1. The smallest absolute Gasteiger partial charge is 0.311 e. The molecule has 8 nitrogen and oxygen atoms in total. The number of hydrogen-bond donors (Lipinski definition) is 1. The van der Waals surface area contributed by atoms with Crippen molar-refractivity contribution in [1.82, 2.24) is 4.98 Å². The number of carbonyl (C=O) groups excluding carboxylic acids is 1. The number of para-hydroxylation sites is 1. The van der Waals surface area contributed by atoms with E-state index in [9.17, 15) is 14.9 Å². The number of rotatable bonds is 5. The summed E-state index contributed by atoms with van der Waals surface area (Å²) in [6.45, 7) is 0. The van der Waals surface area contributed by atoms with Crippen LogP contribution in [0.25, 0.3) is 10.2 Å². The van der Waals surface area contributed by atoms with Crippen LogP contribution in [0.5, 0.6) is 11.5 Å². The van der Waals surface area contributed by atoms with Crippen LogP contribution < -0.4 is 14.8 Å². The first kappa shape index (κ1) is 16.7. The van der Waals surface area contributed by atoms with Crippen molar-refractivity contribution in [3.63, 3.8) is 0 Å².